The quantitative estimate of drug-likeness (QED) is 0.743. The summed E-state index contributed by atoms with van der Waals surface area (Å²) in [5.74, 6) is 0.761. The Labute approximate surface area is 79.0 Å². The normalized spacial score (nSPS) is 11.2. The van der Waals surface area contributed by atoms with Gasteiger partial charge in [-0.05, 0) is 23.5 Å². The summed E-state index contributed by atoms with van der Waals surface area (Å²) in [7, 11) is 0. The predicted molar refractivity (Wildman–Crippen MR) is 55.2 cm³/mol. The standard InChI is InChI=1S/C11H17NO/c1-7(2)9-5-10(8(3)4)11(13)12-6-9/h5-8H,1-4H3,(H,12,13). The van der Waals surface area contributed by atoms with Crippen molar-refractivity contribution in [2.75, 3.05) is 0 Å². The Kier molecular flexibility index (Phi) is 2.91. The summed E-state index contributed by atoms with van der Waals surface area (Å²) in [6.07, 6.45) is 1.80. The number of H-pyrrole nitrogens is 1. The Morgan fingerprint density at radius 3 is 2.23 bits per heavy atom. The fourth-order valence-electron chi connectivity index (χ4n) is 1.28. The number of nitrogens with one attached hydrogen (secondary N) is 1. The lowest BCUT2D eigenvalue weighted by atomic mass is 9.99. The maximum absolute atomic E-state index is 11.4. The van der Waals surface area contributed by atoms with Crippen LogP contribution in [0.15, 0.2) is 17.1 Å². The summed E-state index contributed by atoms with van der Waals surface area (Å²) < 4.78 is 0. The van der Waals surface area contributed by atoms with E-state index in [1.54, 1.807) is 6.20 Å². The highest BCUT2D eigenvalue weighted by molar-refractivity contribution is 5.23. The van der Waals surface area contributed by atoms with Gasteiger partial charge in [-0.15, -0.1) is 0 Å². The zero-order chi connectivity index (χ0) is 10.0. The van der Waals surface area contributed by atoms with Crippen LogP contribution >= 0.6 is 0 Å². The Balaban J connectivity index is 3.19. The van der Waals surface area contributed by atoms with Crippen molar-refractivity contribution >= 4 is 0 Å². The fraction of sp³-hybridized carbons (Fsp3) is 0.545. The molecule has 1 aromatic heterocycles. The molecule has 1 heterocycles. The average molecular weight is 179 g/mol. The van der Waals surface area contributed by atoms with Crippen LogP contribution in [0.4, 0.5) is 0 Å². The summed E-state index contributed by atoms with van der Waals surface area (Å²) in [4.78, 5) is 14.2. The zero-order valence-corrected chi connectivity index (χ0v) is 8.72. The molecule has 0 aromatic carbocycles. The van der Waals surface area contributed by atoms with Crippen LogP contribution in [-0.2, 0) is 0 Å². The Bertz CT molecular complexity index is 336. The van der Waals surface area contributed by atoms with Gasteiger partial charge in [-0.1, -0.05) is 27.7 Å². The smallest absolute Gasteiger partial charge is 0.251 e. The lowest BCUT2D eigenvalue weighted by Crippen LogP contribution is -2.14. The fourth-order valence-corrected chi connectivity index (χ4v) is 1.28. The first kappa shape index (κ1) is 10.0. The van der Waals surface area contributed by atoms with Crippen molar-refractivity contribution in [3.05, 3.63) is 33.7 Å². The third-order valence-electron chi connectivity index (χ3n) is 2.24. The second-order valence-corrected chi connectivity index (χ2v) is 4.03. The first-order valence-corrected chi connectivity index (χ1v) is 4.75. The molecule has 0 unspecified atom stereocenters. The molecule has 0 fully saturated rings. The van der Waals surface area contributed by atoms with Gasteiger partial charge in [0.1, 0.15) is 0 Å². The first-order valence-electron chi connectivity index (χ1n) is 4.75. The minimum Gasteiger partial charge on any atom is -0.329 e. The lowest BCUT2D eigenvalue weighted by molar-refractivity contribution is 0.809. The molecule has 0 aliphatic rings. The van der Waals surface area contributed by atoms with E-state index >= 15 is 0 Å². The molecule has 0 radical (unpaired) electrons. The van der Waals surface area contributed by atoms with Crippen LogP contribution < -0.4 is 5.56 Å². The minimum atomic E-state index is 0.0411. The number of aromatic nitrogens is 1. The first-order chi connectivity index (χ1) is 6.02. The van der Waals surface area contributed by atoms with Crippen molar-refractivity contribution in [2.24, 2.45) is 0 Å². The molecule has 13 heavy (non-hydrogen) atoms. The van der Waals surface area contributed by atoms with Crippen LogP contribution in [0.25, 0.3) is 0 Å². The van der Waals surface area contributed by atoms with E-state index in [2.05, 4.69) is 18.8 Å². The Hall–Kier alpha value is -1.05. The highest BCUT2D eigenvalue weighted by Crippen LogP contribution is 2.16. The monoisotopic (exact) mass is 179 g/mol. The Morgan fingerprint density at radius 1 is 1.15 bits per heavy atom. The van der Waals surface area contributed by atoms with Crippen LogP contribution in [0.3, 0.4) is 0 Å². The molecule has 2 nitrogen and oxygen atoms in total. The molecular formula is C11H17NO. The van der Waals surface area contributed by atoms with Crippen LogP contribution in [0.5, 0.6) is 0 Å². The van der Waals surface area contributed by atoms with Gasteiger partial charge in [0.05, 0.1) is 0 Å². The van der Waals surface area contributed by atoms with E-state index in [4.69, 9.17) is 0 Å². The number of pyridine rings is 1. The maximum atomic E-state index is 11.4. The third kappa shape index (κ3) is 2.20. The van der Waals surface area contributed by atoms with E-state index in [0.717, 1.165) is 5.56 Å². The van der Waals surface area contributed by atoms with Crippen molar-refractivity contribution < 1.29 is 0 Å². The molecule has 0 amide bonds. The van der Waals surface area contributed by atoms with Gasteiger partial charge in [0.25, 0.3) is 5.56 Å². The van der Waals surface area contributed by atoms with Crippen LogP contribution in [0.2, 0.25) is 0 Å². The van der Waals surface area contributed by atoms with Gasteiger partial charge < -0.3 is 4.98 Å². The largest absolute Gasteiger partial charge is 0.329 e. The van der Waals surface area contributed by atoms with Crippen molar-refractivity contribution in [1.82, 2.24) is 4.98 Å². The van der Waals surface area contributed by atoms with Gasteiger partial charge >= 0.3 is 0 Å². The Morgan fingerprint density at radius 2 is 1.77 bits per heavy atom. The minimum absolute atomic E-state index is 0.0411. The van der Waals surface area contributed by atoms with Crippen molar-refractivity contribution in [3.63, 3.8) is 0 Å². The summed E-state index contributed by atoms with van der Waals surface area (Å²) in [5.41, 5.74) is 2.12. The molecule has 0 saturated heterocycles. The number of rotatable bonds is 2. The molecule has 0 bridgehead atoms. The average Bonchev–Trinajstić information content (AvgIpc) is 2.04. The second-order valence-electron chi connectivity index (χ2n) is 4.03. The number of hydrogen-bond donors (Lipinski definition) is 1. The highest BCUT2D eigenvalue weighted by Gasteiger charge is 2.07. The van der Waals surface area contributed by atoms with Crippen LogP contribution in [0.1, 0.15) is 50.7 Å². The van der Waals surface area contributed by atoms with Crippen LogP contribution in [0, 0.1) is 0 Å². The van der Waals surface area contributed by atoms with Crippen molar-refractivity contribution in [2.45, 2.75) is 39.5 Å². The van der Waals surface area contributed by atoms with Gasteiger partial charge in [0, 0.05) is 11.8 Å². The second kappa shape index (κ2) is 3.77. The molecule has 2 heteroatoms. The van der Waals surface area contributed by atoms with E-state index < -0.39 is 0 Å². The van der Waals surface area contributed by atoms with Gasteiger partial charge in [-0.3, -0.25) is 4.79 Å². The number of hydrogen-bond acceptors (Lipinski definition) is 1. The molecule has 1 N–H and O–H groups in total. The maximum Gasteiger partial charge on any atom is 0.251 e. The van der Waals surface area contributed by atoms with E-state index in [9.17, 15) is 4.79 Å². The van der Waals surface area contributed by atoms with Crippen molar-refractivity contribution in [3.8, 4) is 0 Å². The van der Waals surface area contributed by atoms with Gasteiger partial charge in [-0.25, -0.2) is 0 Å². The number of aromatic amines is 1. The molecule has 0 spiro atoms. The van der Waals surface area contributed by atoms with Gasteiger partial charge in [0.15, 0.2) is 0 Å². The topological polar surface area (TPSA) is 32.9 Å². The molecule has 0 saturated carbocycles. The van der Waals surface area contributed by atoms with Crippen LogP contribution in [-0.4, -0.2) is 4.98 Å². The molecular weight excluding hydrogens is 162 g/mol. The van der Waals surface area contributed by atoms with E-state index in [-0.39, 0.29) is 5.56 Å². The summed E-state index contributed by atoms with van der Waals surface area (Å²) in [5, 5.41) is 0. The summed E-state index contributed by atoms with van der Waals surface area (Å²) >= 11 is 0. The summed E-state index contributed by atoms with van der Waals surface area (Å²) in [6.45, 7) is 8.32. The SMILES string of the molecule is CC(C)c1c[nH]c(=O)c(C(C)C)c1. The van der Waals surface area contributed by atoms with E-state index in [1.165, 1.54) is 5.56 Å². The zero-order valence-electron chi connectivity index (χ0n) is 8.72. The molecule has 1 aromatic rings. The van der Waals surface area contributed by atoms with Crippen molar-refractivity contribution in [1.29, 1.82) is 0 Å². The van der Waals surface area contributed by atoms with E-state index in [0.29, 0.717) is 11.8 Å². The third-order valence-corrected chi connectivity index (χ3v) is 2.24. The molecule has 0 aliphatic carbocycles. The summed E-state index contributed by atoms with van der Waals surface area (Å²) in [6, 6.07) is 2.01. The molecule has 1 rings (SSSR count). The van der Waals surface area contributed by atoms with Gasteiger partial charge in [-0.2, -0.15) is 0 Å². The molecule has 72 valence electrons. The van der Waals surface area contributed by atoms with Gasteiger partial charge in [0.2, 0.25) is 0 Å². The predicted octanol–water partition coefficient (Wildman–Crippen LogP) is 2.62. The lowest BCUT2D eigenvalue weighted by Gasteiger charge is -2.09. The van der Waals surface area contributed by atoms with E-state index in [1.807, 2.05) is 19.9 Å². The molecule has 0 aliphatic heterocycles. The molecule has 0 atom stereocenters. The highest BCUT2D eigenvalue weighted by atomic mass is 16.1.